The van der Waals surface area contributed by atoms with E-state index in [-0.39, 0.29) is 17.8 Å². The van der Waals surface area contributed by atoms with Gasteiger partial charge in [0.25, 0.3) is 0 Å². The van der Waals surface area contributed by atoms with Gasteiger partial charge in [0.05, 0.1) is 5.75 Å². The van der Waals surface area contributed by atoms with Crippen LogP contribution in [0.15, 0.2) is 0 Å². The van der Waals surface area contributed by atoms with Crippen molar-refractivity contribution in [3.8, 4) is 0 Å². The number of aliphatic hydroxyl groups is 1. The standard InChI is InChI=1S/C8H20N2O3S/c1-8(2,7-11)6-10-4-3-5-14(9,12)13/h10-11H,3-7H2,1-2H3,(H2,9,12,13). The van der Waals surface area contributed by atoms with Crippen molar-refractivity contribution in [2.75, 3.05) is 25.4 Å². The lowest BCUT2D eigenvalue weighted by Crippen LogP contribution is -2.33. The van der Waals surface area contributed by atoms with Gasteiger partial charge in [0.2, 0.25) is 10.0 Å². The van der Waals surface area contributed by atoms with E-state index in [4.69, 9.17) is 10.2 Å². The molecule has 0 aromatic heterocycles. The van der Waals surface area contributed by atoms with Crippen molar-refractivity contribution in [2.24, 2.45) is 10.6 Å². The summed E-state index contributed by atoms with van der Waals surface area (Å²) in [6.07, 6.45) is 0.500. The van der Waals surface area contributed by atoms with Crippen LogP contribution in [-0.4, -0.2) is 39.0 Å². The van der Waals surface area contributed by atoms with Gasteiger partial charge in [-0.2, -0.15) is 0 Å². The van der Waals surface area contributed by atoms with Gasteiger partial charge in [-0.05, 0) is 13.0 Å². The van der Waals surface area contributed by atoms with Crippen LogP contribution < -0.4 is 10.5 Å². The number of primary sulfonamides is 1. The predicted molar refractivity (Wildman–Crippen MR) is 56.3 cm³/mol. The summed E-state index contributed by atoms with van der Waals surface area (Å²) in [6.45, 7) is 5.22. The zero-order valence-corrected chi connectivity index (χ0v) is 9.60. The molecule has 0 saturated heterocycles. The van der Waals surface area contributed by atoms with E-state index < -0.39 is 10.0 Å². The van der Waals surface area contributed by atoms with Crippen LogP contribution in [0.2, 0.25) is 0 Å². The summed E-state index contributed by atoms with van der Waals surface area (Å²) in [5.41, 5.74) is -0.165. The number of hydrogen-bond acceptors (Lipinski definition) is 4. The lowest BCUT2D eigenvalue weighted by atomic mass is 9.95. The molecule has 0 aromatic carbocycles. The fourth-order valence-electron chi connectivity index (χ4n) is 0.881. The minimum absolute atomic E-state index is 0.000443. The molecule has 0 atom stereocenters. The second kappa shape index (κ2) is 5.65. The SMILES string of the molecule is CC(C)(CO)CNCCCS(N)(=O)=O. The number of nitrogens with one attached hydrogen (secondary N) is 1. The molecule has 0 saturated carbocycles. The van der Waals surface area contributed by atoms with Gasteiger partial charge in [0.1, 0.15) is 0 Å². The Morgan fingerprint density at radius 2 is 2.00 bits per heavy atom. The highest BCUT2D eigenvalue weighted by Gasteiger charge is 2.15. The Kier molecular flexibility index (Phi) is 5.58. The third-order valence-corrected chi connectivity index (χ3v) is 2.67. The normalized spacial score (nSPS) is 13.1. The maximum atomic E-state index is 10.6. The molecule has 0 spiro atoms. The smallest absolute Gasteiger partial charge is 0.209 e. The average Bonchev–Trinajstić information content (AvgIpc) is 2.01. The topological polar surface area (TPSA) is 92.4 Å². The van der Waals surface area contributed by atoms with E-state index in [2.05, 4.69) is 5.32 Å². The fraction of sp³-hybridized carbons (Fsp3) is 1.00. The average molecular weight is 224 g/mol. The zero-order valence-electron chi connectivity index (χ0n) is 8.78. The monoisotopic (exact) mass is 224 g/mol. The van der Waals surface area contributed by atoms with E-state index in [0.29, 0.717) is 19.5 Å². The molecule has 0 aliphatic carbocycles. The van der Waals surface area contributed by atoms with Crippen molar-refractivity contribution in [2.45, 2.75) is 20.3 Å². The molecule has 0 aromatic rings. The van der Waals surface area contributed by atoms with E-state index in [9.17, 15) is 8.42 Å². The highest BCUT2D eigenvalue weighted by Crippen LogP contribution is 2.10. The van der Waals surface area contributed by atoms with Gasteiger partial charge < -0.3 is 10.4 Å². The minimum Gasteiger partial charge on any atom is -0.396 e. The quantitative estimate of drug-likeness (QED) is 0.497. The summed E-state index contributed by atoms with van der Waals surface area (Å²) in [6, 6.07) is 0. The summed E-state index contributed by atoms with van der Waals surface area (Å²) < 4.78 is 21.1. The van der Waals surface area contributed by atoms with Crippen LogP contribution in [0.4, 0.5) is 0 Å². The summed E-state index contributed by atoms with van der Waals surface area (Å²) in [7, 11) is -3.34. The molecule has 6 heteroatoms. The van der Waals surface area contributed by atoms with Gasteiger partial charge in [-0.15, -0.1) is 0 Å². The van der Waals surface area contributed by atoms with E-state index in [0.717, 1.165) is 0 Å². The number of nitrogens with two attached hydrogens (primary N) is 1. The van der Waals surface area contributed by atoms with Crippen molar-refractivity contribution >= 4 is 10.0 Å². The van der Waals surface area contributed by atoms with E-state index in [1.807, 2.05) is 13.8 Å². The molecule has 14 heavy (non-hydrogen) atoms. The Bertz CT molecular complexity index is 249. The molecule has 0 fully saturated rings. The highest BCUT2D eigenvalue weighted by molar-refractivity contribution is 7.89. The molecule has 5 nitrogen and oxygen atoms in total. The molecule has 4 N–H and O–H groups in total. The molecule has 86 valence electrons. The number of rotatable bonds is 7. The lowest BCUT2D eigenvalue weighted by Gasteiger charge is -2.21. The second-order valence-electron chi connectivity index (χ2n) is 4.22. The van der Waals surface area contributed by atoms with Gasteiger partial charge in [-0.3, -0.25) is 0 Å². The molecule has 0 heterocycles. The number of sulfonamides is 1. The second-order valence-corrected chi connectivity index (χ2v) is 5.95. The molecule has 0 bridgehead atoms. The Hall–Kier alpha value is -0.170. The first kappa shape index (κ1) is 13.8. The van der Waals surface area contributed by atoms with Crippen molar-refractivity contribution < 1.29 is 13.5 Å². The van der Waals surface area contributed by atoms with Crippen molar-refractivity contribution in [3.63, 3.8) is 0 Å². The van der Waals surface area contributed by atoms with Gasteiger partial charge in [-0.1, -0.05) is 13.8 Å². The summed E-state index contributed by atoms with van der Waals surface area (Å²) in [4.78, 5) is 0. The number of hydrogen-bond donors (Lipinski definition) is 3. The first-order valence-corrected chi connectivity index (χ1v) is 6.30. The summed E-state index contributed by atoms with van der Waals surface area (Å²) in [5.74, 6) is -0.000443. The van der Waals surface area contributed by atoms with Gasteiger partial charge >= 0.3 is 0 Å². The third-order valence-electron chi connectivity index (χ3n) is 1.81. The molecular weight excluding hydrogens is 204 g/mol. The van der Waals surface area contributed by atoms with Crippen LogP contribution in [0.25, 0.3) is 0 Å². The first-order valence-electron chi connectivity index (χ1n) is 4.59. The van der Waals surface area contributed by atoms with E-state index in [1.54, 1.807) is 0 Å². The predicted octanol–water partition coefficient (Wildman–Crippen LogP) is -0.727. The Morgan fingerprint density at radius 3 is 2.43 bits per heavy atom. The van der Waals surface area contributed by atoms with Crippen LogP contribution >= 0.6 is 0 Å². The van der Waals surface area contributed by atoms with Crippen LogP contribution in [0.3, 0.4) is 0 Å². The Balaban J connectivity index is 3.49. The van der Waals surface area contributed by atoms with Crippen LogP contribution in [0, 0.1) is 5.41 Å². The van der Waals surface area contributed by atoms with Gasteiger partial charge in [-0.25, -0.2) is 13.6 Å². The maximum Gasteiger partial charge on any atom is 0.209 e. The largest absolute Gasteiger partial charge is 0.396 e. The van der Waals surface area contributed by atoms with Gasteiger partial charge in [0, 0.05) is 18.6 Å². The molecule has 0 radical (unpaired) electrons. The first-order chi connectivity index (χ1) is 6.27. The Morgan fingerprint density at radius 1 is 1.43 bits per heavy atom. The fourth-order valence-corrected chi connectivity index (χ4v) is 1.43. The van der Waals surface area contributed by atoms with Crippen molar-refractivity contribution in [1.82, 2.24) is 5.32 Å². The summed E-state index contributed by atoms with van der Waals surface area (Å²) in [5, 5.41) is 16.8. The van der Waals surface area contributed by atoms with E-state index in [1.165, 1.54) is 0 Å². The molecular formula is C8H20N2O3S. The van der Waals surface area contributed by atoms with Crippen molar-refractivity contribution in [1.29, 1.82) is 0 Å². The van der Waals surface area contributed by atoms with E-state index >= 15 is 0 Å². The maximum absolute atomic E-state index is 10.6. The highest BCUT2D eigenvalue weighted by atomic mass is 32.2. The van der Waals surface area contributed by atoms with Gasteiger partial charge in [0.15, 0.2) is 0 Å². The molecule has 0 rings (SSSR count). The minimum atomic E-state index is -3.34. The summed E-state index contributed by atoms with van der Waals surface area (Å²) >= 11 is 0. The molecule has 0 aliphatic heterocycles. The molecule has 0 aliphatic rings. The number of aliphatic hydroxyl groups excluding tert-OH is 1. The van der Waals surface area contributed by atoms with Crippen LogP contribution in [0.1, 0.15) is 20.3 Å². The van der Waals surface area contributed by atoms with Crippen LogP contribution in [-0.2, 0) is 10.0 Å². The molecule has 0 unspecified atom stereocenters. The molecule has 0 amide bonds. The third kappa shape index (κ3) is 8.43. The van der Waals surface area contributed by atoms with Crippen molar-refractivity contribution in [3.05, 3.63) is 0 Å². The zero-order chi connectivity index (χ0) is 11.2. The Labute approximate surface area is 85.7 Å². The van der Waals surface area contributed by atoms with Crippen LogP contribution in [0.5, 0.6) is 0 Å². The lowest BCUT2D eigenvalue weighted by molar-refractivity contribution is 0.157.